The lowest BCUT2D eigenvalue weighted by Gasteiger charge is -2.10. The fourth-order valence-electron chi connectivity index (χ4n) is 1.36. The Morgan fingerprint density at radius 2 is 2.00 bits per heavy atom. The van der Waals surface area contributed by atoms with Crippen LogP contribution in [-0.2, 0) is 10.0 Å². The van der Waals surface area contributed by atoms with Crippen molar-refractivity contribution in [2.45, 2.75) is 20.3 Å². The first-order valence-electron chi connectivity index (χ1n) is 5.24. The molecule has 1 rings (SSSR count). The number of hydrogen-bond acceptors (Lipinski definition) is 3. The van der Waals surface area contributed by atoms with Gasteiger partial charge in [0.05, 0.1) is 11.9 Å². The highest BCUT2D eigenvalue weighted by Crippen LogP contribution is 2.20. The zero-order valence-corrected chi connectivity index (χ0v) is 10.7. The third-order valence-electron chi connectivity index (χ3n) is 2.10. The van der Waals surface area contributed by atoms with Crippen LogP contribution in [0.15, 0.2) is 18.2 Å². The van der Waals surface area contributed by atoms with Gasteiger partial charge in [0.25, 0.3) is 0 Å². The van der Waals surface area contributed by atoms with Gasteiger partial charge in [0.15, 0.2) is 0 Å². The van der Waals surface area contributed by atoms with Gasteiger partial charge in [-0.3, -0.25) is 4.72 Å². The van der Waals surface area contributed by atoms with Gasteiger partial charge in [-0.1, -0.05) is 6.92 Å². The highest BCUT2D eigenvalue weighted by molar-refractivity contribution is 7.92. The van der Waals surface area contributed by atoms with E-state index in [0.717, 1.165) is 30.5 Å². The molecule has 90 valence electrons. The van der Waals surface area contributed by atoms with Gasteiger partial charge in [0.2, 0.25) is 10.0 Å². The molecule has 1 aromatic rings. The molecule has 0 heterocycles. The van der Waals surface area contributed by atoms with Gasteiger partial charge >= 0.3 is 0 Å². The fourth-order valence-corrected chi connectivity index (χ4v) is 1.99. The standard InChI is InChI=1S/C11H18N2O2S/c1-4-7-12-10-5-6-11(9(2)8-10)13-16(3,14)15/h5-6,8,12-13H,4,7H2,1-3H3. The monoisotopic (exact) mass is 242 g/mol. The zero-order chi connectivity index (χ0) is 12.2. The minimum Gasteiger partial charge on any atom is -0.385 e. The van der Waals surface area contributed by atoms with E-state index >= 15 is 0 Å². The van der Waals surface area contributed by atoms with Crippen molar-refractivity contribution in [1.82, 2.24) is 0 Å². The van der Waals surface area contributed by atoms with E-state index in [0.29, 0.717) is 5.69 Å². The highest BCUT2D eigenvalue weighted by Gasteiger charge is 2.05. The van der Waals surface area contributed by atoms with Crippen LogP contribution in [0.3, 0.4) is 0 Å². The molecule has 4 nitrogen and oxygen atoms in total. The molecule has 1 aromatic carbocycles. The lowest BCUT2D eigenvalue weighted by Crippen LogP contribution is -2.10. The van der Waals surface area contributed by atoms with Gasteiger partial charge in [0.1, 0.15) is 0 Å². The summed E-state index contributed by atoms with van der Waals surface area (Å²) in [5, 5.41) is 3.25. The molecule has 0 aliphatic heterocycles. The van der Waals surface area contributed by atoms with Crippen molar-refractivity contribution in [3.05, 3.63) is 23.8 Å². The number of nitrogens with one attached hydrogen (secondary N) is 2. The van der Waals surface area contributed by atoms with Crippen LogP contribution in [0.5, 0.6) is 0 Å². The molecular formula is C11H18N2O2S. The van der Waals surface area contributed by atoms with Crippen molar-refractivity contribution in [1.29, 1.82) is 0 Å². The average molecular weight is 242 g/mol. The van der Waals surface area contributed by atoms with Crippen LogP contribution < -0.4 is 10.0 Å². The van der Waals surface area contributed by atoms with E-state index < -0.39 is 10.0 Å². The predicted octanol–water partition coefficient (Wildman–Crippen LogP) is 2.19. The lowest BCUT2D eigenvalue weighted by atomic mass is 10.2. The van der Waals surface area contributed by atoms with Crippen LogP contribution >= 0.6 is 0 Å². The number of hydrogen-bond donors (Lipinski definition) is 2. The Kier molecular flexibility index (Phi) is 4.18. The first-order valence-corrected chi connectivity index (χ1v) is 7.14. The summed E-state index contributed by atoms with van der Waals surface area (Å²) in [5.41, 5.74) is 2.55. The summed E-state index contributed by atoms with van der Waals surface area (Å²) >= 11 is 0. The van der Waals surface area contributed by atoms with Crippen molar-refractivity contribution < 1.29 is 8.42 Å². The first-order chi connectivity index (χ1) is 7.42. The van der Waals surface area contributed by atoms with Crippen molar-refractivity contribution in [2.24, 2.45) is 0 Å². The van der Waals surface area contributed by atoms with Crippen LogP contribution in [0.25, 0.3) is 0 Å². The number of rotatable bonds is 5. The van der Waals surface area contributed by atoms with Crippen LogP contribution in [0, 0.1) is 6.92 Å². The molecule has 0 aliphatic carbocycles. The topological polar surface area (TPSA) is 58.2 Å². The molecule has 0 saturated heterocycles. The van der Waals surface area contributed by atoms with E-state index in [1.165, 1.54) is 0 Å². The molecule has 0 spiro atoms. The van der Waals surface area contributed by atoms with Gasteiger partial charge in [-0.25, -0.2) is 8.42 Å². The molecule has 0 unspecified atom stereocenters. The molecule has 2 N–H and O–H groups in total. The summed E-state index contributed by atoms with van der Waals surface area (Å²) in [7, 11) is -3.20. The largest absolute Gasteiger partial charge is 0.385 e. The van der Waals surface area contributed by atoms with E-state index in [1.807, 2.05) is 19.1 Å². The Morgan fingerprint density at radius 3 is 2.50 bits per heavy atom. The number of anilines is 2. The van der Waals surface area contributed by atoms with E-state index in [4.69, 9.17) is 0 Å². The summed E-state index contributed by atoms with van der Waals surface area (Å²) in [6.45, 7) is 4.89. The normalized spacial score (nSPS) is 11.2. The summed E-state index contributed by atoms with van der Waals surface area (Å²) in [4.78, 5) is 0. The van der Waals surface area contributed by atoms with E-state index in [2.05, 4.69) is 17.0 Å². The molecule has 0 radical (unpaired) electrons. The van der Waals surface area contributed by atoms with Crippen LogP contribution in [0.4, 0.5) is 11.4 Å². The van der Waals surface area contributed by atoms with E-state index in [-0.39, 0.29) is 0 Å². The van der Waals surface area contributed by atoms with Gasteiger partial charge < -0.3 is 5.32 Å². The fraction of sp³-hybridized carbons (Fsp3) is 0.455. The maximum absolute atomic E-state index is 11.1. The smallest absolute Gasteiger partial charge is 0.229 e. The first kappa shape index (κ1) is 12.8. The molecule has 0 saturated carbocycles. The van der Waals surface area contributed by atoms with Gasteiger partial charge in [0, 0.05) is 12.2 Å². The van der Waals surface area contributed by atoms with Crippen molar-refractivity contribution in [2.75, 3.05) is 22.8 Å². The number of benzene rings is 1. The lowest BCUT2D eigenvalue weighted by molar-refractivity contribution is 0.607. The minimum absolute atomic E-state index is 0.629. The Morgan fingerprint density at radius 1 is 1.31 bits per heavy atom. The van der Waals surface area contributed by atoms with Gasteiger partial charge in [-0.2, -0.15) is 0 Å². The predicted molar refractivity (Wildman–Crippen MR) is 68.4 cm³/mol. The summed E-state index contributed by atoms with van der Waals surface area (Å²) in [5.74, 6) is 0. The molecule has 0 aliphatic rings. The molecule has 0 aromatic heterocycles. The molecule has 0 atom stereocenters. The molecule has 16 heavy (non-hydrogen) atoms. The third-order valence-corrected chi connectivity index (χ3v) is 2.69. The zero-order valence-electron chi connectivity index (χ0n) is 9.87. The van der Waals surface area contributed by atoms with Gasteiger partial charge in [-0.15, -0.1) is 0 Å². The number of aryl methyl sites for hydroxylation is 1. The van der Waals surface area contributed by atoms with Crippen molar-refractivity contribution in [3.63, 3.8) is 0 Å². The van der Waals surface area contributed by atoms with E-state index in [1.54, 1.807) is 6.07 Å². The second-order valence-electron chi connectivity index (χ2n) is 3.83. The van der Waals surface area contributed by atoms with Crippen LogP contribution in [-0.4, -0.2) is 21.2 Å². The van der Waals surface area contributed by atoms with Gasteiger partial charge in [-0.05, 0) is 37.1 Å². The second kappa shape index (κ2) is 5.21. The number of sulfonamides is 1. The highest BCUT2D eigenvalue weighted by atomic mass is 32.2. The van der Waals surface area contributed by atoms with Crippen molar-refractivity contribution >= 4 is 21.4 Å². The Hall–Kier alpha value is -1.23. The second-order valence-corrected chi connectivity index (χ2v) is 5.58. The van der Waals surface area contributed by atoms with E-state index in [9.17, 15) is 8.42 Å². The van der Waals surface area contributed by atoms with Crippen LogP contribution in [0.1, 0.15) is 18.9 Å². The maximum atomic E-state index is 11.1. The summed E-state index contributed by atoms with van der Waals surface area (Å²) in [6.07, 6.45) is 2.21. The minimum atomic E-state index is -3.20. The Bertz CT molecular complexity index is 455. The molecular weight excluding hydrogens is 224 g/mol. The molecule has 5 heteroatoms. The SMILES string of the molecule is CCCNc1ccc(NS(C)(=O)=O)c(C)c1. The molecule has 0 amide bonds. The molecule has 0 fully saturated rings. The quantitative estimate of drug-likeness (QED) is 0.832. The summed E-state index contributed by atoms with van der Waals surface area (Å²) in [6, 6.07) is 5.58. The summed E-state index contributed by atoms with van der Waals surface area (Å²) < 4.78 is 24.6. The maximum Gasteiger partial charge on any atom is 0.229 e. The van der Waals surface area contributed by atoms with Crippen LogP contribution in [0.2, 0.25) is 0 Å². The molecule has 0 bridgehead atoms. The Labute approximate surface area is 97.1 Å². The van der Waals surface area contributed by atoms with Crippen molar-refractivity contribution in [3.8, 4) is 0 Å². The Balaban J connectivity index is 2.83. The average Bonchev–Trinajstić information content (AvgIpc) is 2.17. The third kappa shape index (κ3) is 4.10.